The maximum atomic E-state index is 12.9. The highest BCUT2D eigenvalue weighted by molar-refractivity contribution is 7.47. The maximum Gasteiger partial charge on any atom is 0.472 e. The van der Waals surface area contributed by atoms with Gasteiger partial charge in [0.25, 0.3) is 0 Å². The van der Waals surface area contributed by atoms with Crippen LogP contribution in [0.2, 0.25) is 0 Å². The normalized spacial score (nSPS) is 15.0. The van der Waals surface area contributed by atoms with Crippen molar-refractivity contribution < 1.29 is 32.9 Å². The Bertz CT molecular complexity index is 1710. The van der Waals surface area contributed by atoms with Crippen LogP contribution in [0.25, 0.3) is 0 Å². The monoisotopic (exact) mass is 1050 g/mol. The third kappa shape index (κ3) is 56.1. The van der Waals surface area contributed by atoms with E-state index in [-0.39, 0.29) is 19.1 Å². The Labute approximate surface area is 455 Å². The van der Waals surface area contributed by atoms with E-state index in [1.807, 2.05) is 27.2 Å². The second-order valence-corrected chi connectivity index (χ2v) is 21.7. The minimum Gasteiger partial charge on any atom is -0.387 e. The molecule has 3 atom stereocenters. The molecule has 0 aromatic rings. The minimum atomic E-state index is -4.36. The molecule has 8 nitrogen and oxygen atoms in total. The molecule has 3 N–H and O–H groups in total. The lowest BCUT2D eigenvalue weighted by Gasteiger charge is -2.25. The molecule has 0 saturated heterocycles. The lowest BCUT2D eigenvalue weighted by atomic mass is 10.0. The summed E-state index contributed by atoms with van der Waals surface area (Å²) in [6.07, 6.45) is 84.0. The first kappa shape index (κ1) is 70.4. The Morgan fingerprint density at radius 2 is 0.824 bits per heavy atom. The van der Waals surface area contributed by atoms with Crippen LogP contribution in [0.3, 0.4) is 0 Å². The second kappa shape index (κ2) is 54.2. The summed E-state index contributed by atoms with van der Waals surface area (Å²) in [6.45, 7) is 4.62. The lowest BCUT2D eigenvalue weighted by molar-refractivity contribution is -0.870. The van der Waals surface area contributed by atoms with Crippen LogP contribution >= 0.6 is 7.82 Å². The van der Waals surface area contributed by atoms with E-state index in [4.69, 9.17) is 9.05 Å². The largest absolute Gasteiger partial charge is 0.472 e. The number of phosphoric ester groups is 1. The highest BCUT2D eigenvalue weighted by Gasteiger charge is 2.27. The summed E-state index contributed by atoms with van der Waals surface area (Å²) in [5.74, 6) is -0.200. The Hall–Kier alpha value is -3.62. The summed E-state index contributed by atoms with van der Waals surface area (Å²) < 4.78 is 23.6. The Morgan fingerprint density at radius 1 is 0.473 bits per heavy atom. The molecular formula is C65H110N2O6P+. The summed E-state index contributed by atoms with van der Waals surface area (Å²) >= 11 is 0. The number of phosphoric acid groups is 1. The fraction of sp³-hybridized carbons (Fsp3) is 0.615. The highest BCUT2D eigenvalue weighted by Crippen LogP contribution is 2.43. The molecule has 0 spiro atoms. The van der Waals surface area contributed by atoms with Crippen molar-refractivity contribution in [2.75, 3.05) is 40.9 Å². The molecule has 0 radical (unpaired) electrons. The first-order chi connectivity index (χ1) is 36.0. The number of amides is 1. The average molecular weight is 1050 g/mol. The molecule has 0 rings (SSSR count). The van der Waals surface area contributed by atoms with Crippen molar-refractivity contribution in [3.8, 4) is 0 Å². The highest BCUT2D eigenvalue weighted by atomic mass is 31.2. The first-order valence-electron chi connectivity index (χ1n) is 29.2. The molecule has 420 valence electrons. The summed E-state index contributed by atoms with van der Waals surface area (Å²) in [5, 5.41) is 13.8. The summed E-state index contributed by atoms with van der Waals surface area (Å²) in [5.41, 5.74) is 0. The summed E-state index contributed by atoms with van der Waals surface area (Å²) in [4.78, 5) is 23.2. The quantitative estimate of drug-likeness (QED) is 0.0243. The minimum absolute atomic E-state index is 0.0484. The summed E-state index contributed by atoms with van der Waals surface area (Å²) in [7, 11) is 1.53. The van der Waals surface area contributed by atoms with Gasteiger partial charge in [-0.15, -0.1) is 0 Å². The smallest absolute Gasteiger partial charge is 0.387 e. The number of carbonyl (C=O) groups is 1. The zero-order valence-electron chi connectivity index (χ0n) is 47.8. The van der Waals surface area contributed by atoms with Crippen molar-refractivity contribution >= 4 is 13.7 Å². The standard InChI is InChI=1S/C65H109N2O6P/c1-6-8-10-12-14-16-18-19-20-21-22-23-24-25-26-27-28-29-30-31-32-33-34-35-36-37-38-39-40-41-42-43-44-45-46-47-49-51-53-55-57-59-65(69)66-63(62-73-74(70,71)72-61-60-67(3,4)5)64(68)58-56-54-52-50-48-17-15-13-11-9-7-2/h8,10,14,16,19-20,22-23,25-26,28-29,31-32,34-35,37-38,40-41,48,50,56,58,63-64,68H,6-7,9,11-13,15,17-18,21,24,27,30,33,36,39,42-47,49,51-55,57,59-62H2,1-5H3,(H-,66,69,70,71)/p+1/b10-8-,16-14-,20-19-,23-22-,26-25-,29-28-,32-31-,35-34-,38-37-,41-40-,50-48+,58-56+. The fourth-order valence-electron chi connectivity index (χ4n) is 7.50. The molecule has 1 amide bonds. The van der Waals surface area contributed by atoms with Crippen LogP contribution in [0.4, 0.5) is 0 Å². The number of unbranched alkanes of at least 4 members (excludes halogenated alkanes) is 16. The van der Waals surface area contributed by atoms with Gasteiger partial charge in [0, 0.05) is 6.42 Å². The third-order valence-corrected chi connectivity index (χ3v) is 13.0. The average Bonchev–Trinajstić information content (AvgIpc) is 3.36. The van der Waals surface area contributed by atoms with E-state index in [1.165, 1.54) is 77.0 Å². The molecular weight excluding hydrogens is 936 g/mol. The van der Waals surface area contributed by atoms with Gasteiger partial charge in [0.2, 0.25) is 5.91 Å². The molecule has 3 unspecified atom stereocenters. The molecule has 0 aliphatic carbocycles. The number of rotatable bonds is 51. The van der Waals surface area contributed by atoms with Crippen molar-refractivity contribution in [2.45, 2.75) is 219 Å². The zero-order chi connectivity index (χ0) is 54.2. The Balaban J connectivity index is 4.07. The number of quaternary nitrogens is 1. The van der Waals surface area contributed by atoms with E-state index in [0.29, 0.717) is 17.4 Å². The molecule has 0 aromatic heterocycles. The molecule has 0 saturated carbocycles. The molecule has 0 aromatic carbocycles. The van der Waals surface area contributed by atoms with Crippen LogP contribution in [0.1, 0.15) is 206 Å². The SMILES string of the molecule is CC/C=C\C/C=C\C/C=C\C/C=C\C/C=C\C/C=C\C/C=C\C/C=C\C/C=C\C/C=C\CCCCCCCCCCCCC(=O)NC(COP(=O)(O)OCC[N+](C)(C)C)C(O)/C=C/CC/C=C/CCCCCCC. The number of nitrogens with one attached hydrogen (secondary N) is 1. The van der Waals surface area contributed by atoms with Crippen molar-refractivity contribution in [1.82, 2.24) is 5.32 Å². The van der Waals surface area contributed by atoms with Crippen LogP contribution in [0, 0.1) is 0 Å². The predicted octanol–water partition coefficient (Wildman–Crippen LogP) is 18.1. The molecule has 0 aliphatic heterocycles. The number of aliphatic hydroxyl groups excluding tert-OH is 1. The van der Waals surface area contributed by atoms with E-state index in [1.54, 1.807) is 6.08 Å². The number of hydrogen-bond donors (Lipinski definition) is 3. The van der Waals surface area contributed by atoms with Gasteiger partial charge < -0.3 is 19.8 Å². The number of hydrogen-bond acceptors (Lipinski definition) is 5. The zero-order valence-corrected chi connectivity index (χ0v) is 48.7. The summed E-state index contributed by atoms with van der Waals surface area (Å²) in [6, 6.07) is -0.874. The fourth-order valence-corrected chi connectivity index (χ4v) is 8.23. The predicted molar refractivity (Wildman–Crippen MR) is 322 cm³/mol. The topological polar surface area (TPSA) is 105 Å². The third-order valence-electron chi connectivity index (χ3n) is 12.0. The van der Waals surface area contributed by atoms with Crippen molar-refractivity contribution in [2.24, 2.45) is 0 Å². The van der Waals surface area contributed by atoms with Gasteiger partial charge in [-0.3, -0.25) is 13.8 Å². The van der Waals surface area contributed by atoms with Gasteiger partial charge in [-0.1, -0.05) is 237 Å². The number of allylic oxidation sites excluding steroid dienone is 23. The van der Waals surface area contributed by atoms with E-state index >= 15 is 0 Å². The Kier molecular flexibility index (Phi) is 51.5. The van der Waals surface area contributed by atoms with Gasteiger partial charge >= 0.3 is 7.82 Å². The van der Waals surface area contributed by atoms with Crippen LogP contribution in [0.5, 0.6) is 0 Å². The van der Waals surface area contributed by atoms with E-state index < -0.39 is 20.0 Å². The van der Waals surface area contributed by atoms with Crippen molar-refractivity contribution in [1.29, 1.82) is 0 Å². The number of aliphatic hydroxyl groups is 1. The molecule has 0 aliphatic rings. The maximum absolute atomic E-state index is 12.9. The molecule has 0 bridgehead atoms. The Morgan fingerprint density at radius 3 is 1.24 bits per heavy atom. The van der Waals surface area contributed by atoms with Gasteiger partial charge in [0.1, 0.15) is 13.2 Å². The number of nitrogens with zero attached hydrogens (tertiary/aromatic N) is 1. The van der Waals surface area contributed by atoms with Crippen molar-refractivity contribution in [3.05, 3.63) is 146 Å². The second-order valence-electron chi connectivity index (χ2n) is 20.3. The van der Waals surface area contributed by atoms with Gasteiger partial charge in [0.15, 0.2) is 0 Å². The number of carbonyl (C=O) groups excluding carboxylic acids is 1. The van der Waals surface area contributed by atoms with Crippen LogP contribution in [0.15, 0.2) is 146 Å². The molecule has 9 heteroatoms. The van der Waals surface area contributed by atoms with Gasteiger partial charge in [-0.2, -0.15) is 0 Å². The molecule has 0 heterocycles. The van der Waals surface area contributed by atoms with Gasteiger partial charge in [-0.25, -0.2) is 4.57 Å². The van der Waals surface area contributed by atoms with Gasteiger partial charge in [-0.05, 0) is 109 Å². The molecule has 0 fully saturated rings. The van der Waals surface area contributed by atoms with E-state index in [0.717, 1.165) is 109 Å². The van der Waals surface area contributed by atoms with Crippen molar-refractivity contribution in [3.63, 3.8) is 0 Å². The van der Waals surface area contributed by atoms with Crippen LogP contribution < -0.4 is 5.32 Å². The van der Waals surface area contributed by atoms with E-state index in [9.17, 15) is 19.4 Å². The van der Waals surface area contributed by atoms with Crippen LogP contribution in [-0.4, -0.2) is 73.4 Å². The lowest BCUT2D eigenvalue weighted by Crippen LogP contribution is -2.45. The number of likely N-dealkylation sites (N-methyl/N-ethyl adjacent to an activating group) is 1. The first-order valence-corrected chi connectivity index (χ1v) is 30.7. The van der Waals surface area contributed by atoms with Gasteiger partial charge in [0.05, 0.1) is 39.9 Å². The van der Waals surface area contributed by atoms with E-state index in [2.05, 4.69) is 153 Å². The van der Waals surface area contributed by atoms with Crippen LogP contribution in [-0.2, 0) is 18.4 Å². The molecule has 74 heavy (non-hydrogen) atoms.